The van der Waals surface area contributed by atoms with E-state index in [0.29, 0.717) is 49.9 Å². The lowest BCUT2D eigenvalue weighted by Crippen LogP contribution is -2.37. The molecular formula is C20H24N4O4. The highest BCUT2D eigenvalue weighted by molar-refractivity contribution is 5.95. The van der Waals surface area contributed by atoms with E-state index in [1.54, 1.807) is 17.9 Å². The molecule has 1 atom stereocenters. The highest BCUT2D eigenvalue weighted by atomic mass is 16.5. The third-order valence-corrected chi connectivity index (χ3v) is 5.81. The molecule has 1 aliphatic carbocycles. The predicted molar refractivity (Wildman–Crippen MR) is 99.2 cm³/mol. The topological polar surface area (TPSA) is 90.5 Å². The minimum atomic E-state index is -0.577. The van der Waals surface area contributed by atoms with Gasteiger partial charge in [0.05, 0.1) is 6.54 Å². The molecular weight excluding hydrogens is 360 g/mol. The van der Waals surface area contributed by atoms with Crippen LogP contribution in [0.2, 0.25) is 0 Å². The van der Waals surface area contributed by atoms with Crippen LogP contribution in [0.15, 0.2) is 15.3 Å². The fourth-order valence-electron chi connectivity index (χ4n) is 4.05. The second-order valence-electron chi connectivity index (χ2n) is 7.92. The first-order chi connectivity index (χ1) is 13.6. The van der Waals surface area contributed by atoms with Gasteiger partial charge in [-0.05, 0) is 44.2 Å². The number of amides is 1. The summed E-state index contributed by atoms with van der Waals surface area (Å²) >= 11 is 0. The van der Waals surface area contributed by atoms with Crippen molar-refractivity contribution in [2.75, 3.05) is 19.7 Å². The predicted octanol–water partition coefficient (Wildman–Crippen LogP) is 1.97. The van der Waals surface area contributed by atoms with Crippen LogP contribution in [-0.4, -0.2) is 45.3 Å². The van der Waals surface area contributed by atoms with Crippen molar-refractivity contribution >= 4 is 5.91 Å². The van der Waals surface area contributed by atoms with Crippen molar-refractivity contribution in [3.8, 4) is 0 Å². The largest absolute Gasteiger partial charge is 0.424 e. The molecule has 3 aliphatic rings. The van der Waals surface area contributed by atoms with Crippen LogP contribution in [0.25, 0.3) is 0 Å². The Balaban J connectivity index is 1.34. The van der Waals surface area contributed by atoms with Crippen molar-refractivity contribution < 1.29 is 13.9 Å². The van der Waals surface area contributed by atoms with Crippen LogP contribution in [0.5, 0.6) is 0 Å². The van der Waals surface area contributed by atoms with Gasteiger partial charge in [-0.1, -0.05) is 0 Å². The summed E-state index contributed by atoms with van der Waals surface area (Å²) in [5, 5.41) is 4.60. The van der Waals surface area contributed by atoms with E-state index >= 15 is 0 Å². The summed E-state index contributed by atoms with van der Waals surface area (Å²) in [5.41, 5.74) is 0.183. The standard InChI is InChI=1S/C20H24N4O4/c1-12-11-15(14-3-2-10-27-14)28-20(26)17(12)19(25)23-7-6-16-21-18(13-4-5-13)22-24(16)9-8-23/h11,13-14H,2-10H2,1H3. The third kappa shape index (κ3) is 3.15. The normalized spacial score (nSPS) is 22.2. The molecule has 0 aromatic carbocycles. The van der Waals surface area contributed by atoms with E-state index in [-0.39, 0.29) is 17.6 Å². The van der Waals surface area contributed by atoms with E-state index in [4.69, 9.17) is 9.15 Å². The Morgan fingerprint density at radius 1 is 1.21 bits per heavy atom. The monoisotopic (exact) mass is 384 g/mol. The van der Waals surface area contributed by atoms with Crippen LogP contribution in [0.1, 0.15) is 71.0 Å². The van der Waals surface area contributed by atoms with Gasteiger partial charge in [-0.15, -0.1) is 0 Å². The quantitative estimate of drug-likeness (QED) is 0.804. The Kier molecular flexibility index (Phi) is 4.30. The van der Waals surface area contributed by atoms with E-state index in [9.17, 15) is 9.59 Å². The average molecular weight is 384 g/mol. The van der Waals surface area contributed by atoms with Gasteiger partial charge >= 0.3 is 5.63 Å². The Morgan fingerprint density at radius 2 is 2.07 bits per heavy atom. The maximum atomic E-state index is 13.1. The van der Waals surface area contributed by atoms with Crippen molar-refractivity contribution in [1.82, 2.24) is 19.7 Å². The van der Waals surface area contributed by atoms with Crippen LogP contribution >= 0.6 is 0 Å². The number of hydrogen-bond donors (Lipinski definition) is 0. The molecule has 8 nitrogen and oxygen atoms in total. The molecule has 0 N–H and O–H groups in total. The minimum absolute atomic E-state index is 0.118. The maximum Gasteiger partial charge on any atom is 0.349 e. The fourth-order valence-corrected chi connectivity index (χ4v) is 4.05. The maximum absolute atomic E-state index is 13.1. The Labute approximate surface area is 162 Å². The van der Waals surface area contributed by atoms with Gasteiger partial charge < -0.3 is 14.1 Å². The molecule has 0 bridgehead atoms. The first-order valence-corrected chi connectivity index (χ1v) is 10.1. The zero-order chi connectivity index (χ0) is 19.3. The van der Waals surface area contributed by atoms with E-state index in [1.165, 1.54) is 12.8 Å². The molecule has 2 aliphatic heterocycles. The van der Waals surface area contributed by atoms with Gasteiger partial charge in [0.2, 0.25) is 0 Å². The third-order valence-electron chi connectivity index (χ3n) is 5.81. The van der Waals surface area contributed by atoms with Crippen LogP contribution < -0.4 is 5.63 Å². The number of ether oxygens (including phenoxy) is 1. The van der Waals surface area contributed by atoms with Gasteiger partial charge in [0, 0.05) is 32.0 Å². The van der Waals surface area contributed by atoms with Gasteiger partial charge in [-0.3, -0.25) is 4.79 Å². The zero-order valence-electron chi connectivity index (χ0n) is 16.0. The highest BCUT2D eigenvalue weighted by Gasteiger charge is 2.31. The highest BCUT2D eigenvalue weighted by Crippen LogP contribution is 2.38. The molecule has 0 radical (unpaired) electrons. The van der Waals surface area contributed by atoms with Crippen molar-refractivity contribution in [2.24, 2.45) is 0 Å². The molecule has 0 spiro atoms. The number of aryl methyl sites for hydroxylation is 1. The summed E-state index contributed by atoms with van der Waals surface area (Å²) < 4.78 is 13.0. The zero-order valence-corrected chi connectivity index (χ0v) is 16.0. The van der Waals surface area contributed by atoms with Crippen LogP contribution in [0.4, 0.5) is 0 Å². The Bertz CT molecular complexity index is 944. The van der Waals surface area contributed by atoms with E-state index in [0.717, 1.165) is 24.5 Å². The SMILES string of the molecule is Cc1cc(C2CCCO2)oc(=O)c1C(=O)N1CCc2nc(C3CC3)nn2CC1. The molecule has 148 valence electrons. The van der Waals surface area contributed by atoms with Crippen molar-refractivity contribution in [3.05, 3.63) is 45.0 Å². The lowest BCUT2D eigenvalue weighted by atomic mass is 10.1. The molecule has 1 unspecified atom stereocenters. The van der Waals surface area contributed by atoms with Gasteiger partial charge in [0.1, 0.15) is 23.3 Å². The van der Waals surface area contributed by atoms with Crippen LogP contribution in [0, 0.1) is 6.92 Å². The Hall–Kier alpha value is -2.48. The van der Waals surface area contributed by atoms with Gasteiger partial charge in [-0.25, -0.2) is 14.5 Å². The summed E-state index contributed by atoms with van der Waals surface area (Å²) in [6, 6.07) is 1.77. The molecule has 2 aromatic heterocycles. The Morgan fingerprint density at radius 3 is 2.79 bits per heavy atom. The fraction of sp³-hybridized carbons (Fsp3) is 0.600. The lowest BCUT2D eigenvalue weighted by molar-refractivity contribution is 0.0742. The molecule has 1 amide bonds. The van der Waals surface area contributed by atoms with Gasteiger partial charge in [0.25, 0.3) is 5.91 Å². The number of hydrogen-bond acceptors (Lipinski definition) is 6. The number of carbonyl (C=O) groups is 1. The molecule has 1 saturated carbocycles. The molecule has 2 aromatic rings. The summed E-state index contributed by atoms with van der Waals surface area (Å²) in [6.45, 7) is 4.08. The number of rotatable bonds is 3. The minimum Gasteiger partial charge on any atom is -0.424 e. The molecule has 5 rings (SSSR count). The van der Waals surface area contributed by atoms with E-state index < -0.39 is 5.63 Å². The van der Waals surface area contributed by atoms with Crippen LogP contribution in [0.3, 0.4) is 0 Å². The molecule has 4 heterocycles. The number of aromatic nitrogens is 3. The first kappa shape index (κ1) is 17.6. The number of carbonyl (C=O) groups excluding carboxylic acids is 1. The molecule has 2 fully saturated rings. The lowest BCUT2D eigenvalue weighted by Gasteiger charge is -2.20. The average Bonchev–Trinajstić information content (AvgIpc) is 3.28. The van der Waals surface area contributed by atoms with Crippen molar-refractivity contribution in [2.45, 2.75) is 57.6 Å². The van der Waals surface area contributed by atoms with Crippen molar-refractivity contribution in [3.63, 3.8) is 0 Å². The number of nitrogens with zero attached hydrogens (tertiary/aromatic N) is 4. The number of fused-ring (bicyclic) bond motifs is 1. The molecule has 8 heteroatoms. The van der Waals surface area contributed by atoms with E-state index in [2.05, 4.69) is 10.1 Å². The summed E-state index contributed by atoms with van der Waals surface area (Å²) in [7, 11) is 0. The van der Waals surface area contributed by atoms with E-state index in [1.807, 2.05) is 4.68 Å². The molecule has 1 saturated heterocycles. The second kappa shape index (κ2) is 6.84. The van der Waals surface area contributed by atoms with Gasteiger partial charge in [-0.2, -0.15) is 5.10 Å². The summed E-state index contributed by atoms with van der Waals surface area (Å²) in [4.78, 5) is 32.0. The van der Waals surface area contributed by atoms with Gasteiger partial charge in [0.15, 0.2) is 5.82 Å². The smallest absolute Gasteiger partial charge is 0.349 e. The second-order valence-corrected chi connectivity index (χ2v) is 7.92. The molecule has 28 heavy (non-hydrogen) atoms. The van der Waals surface area contributed by atoms with Crippen LogP contribution in [-0.2, 0) is 17.7 Å². The first-order valence-electron chi connectivity index (χ1n) is 10.1. The summed E-state index contributed by atoms with van der Waals surface area (Å²) in [6.07, 6.45) is 4.59. The summed E-state index contributed by atoms with van der Waals surface area (Å²) in [5.74, 6) is 2.63. The van der Waals surface area contributed by atoms with Crippen molar-refractivity contribution in [1.29, 1.82) is 0 Å².